The molecule has 0 N–H and O–H groups in total. The molecule has 0 amide bonds. The molecule has 0 aliphatic rings. The summed E-state index contributed by atoms with van der Waals surface area (Å²) in [6, 6.07) is 12.5. The highest BCUT2D eigenvalue weighted by molar-refractivity contribution is 9.10. The average molecular weight is 381 g/mol. The minimum Gasteiger partial charge on any atom is -0.495 e. The van der Waals surface area contributed by atoms with Crippen LogP contribution in [0.5, 0.6) is 17.2 Å². The zero-order chi connectivity index (χ0) is 16.7. The topological polar surface area (TPSA) is 54.0 Å². The molecule has 6 heteroatoms. The van der Waals surface area contributed by atoms with Gasteiger partial charge in [0, 0.05) is 0 Å². The van der Waals surface area contributed by atoms with Gasteiger partial charge < -0.3 is 18.9 Å². The SMILES string of the molecule is COc1cc(C(=O)OCCOc2ccccc2)cc(OC)c1Br. The fourth-order valence-electron chi connectivity index (χ4n) is 1.88. The molecule has 0 aliphatic heterocycles. The quantitative estimate of drug-likeness (QED) is 0.541. The van der Waals surface area contributed by atoms with Crippen molar-refractivity contribution in [3.05, 3.63) is 52.5 Å². The minimum absolute atomic E-state index is 0.147. The van der Waals surface area contributed by atoms with E-state index in [0.717, 1.165) is 5.75 Å². The first-order chi connectivity index (χ1) is 11.2. The summed E-state index contributed by atoms with van der Waals surface area (Å²) in [5, 5.41) is 0. The molecule has 0 aliphatic carbocycles. The lowest BCUT2D eigenvalue weighted by Gasteiger charge is -2.11. The van der Waals surface area contributed by atoms with Gasteiger partial charge >= 0.3 is 5.97 Å². The van der Waals surface area contributed by atoms with E-state index in [4.69, 9.17) is 18.9 Å². The van der Waals surface area contributed by atoms with Gasteiger partial charge in [0.25, 0.3) is 0 Å². The van der Waals surface area contributed by atoms with Crippen molar-refractivity contribution in [2.45, 2.75) is 0 Å². The van der Waals surface area contributed by atoms with Gasteiger partial charge in [0.05, 0.1) is 19.8 Å². The molecule has 0 heterocycles. The van der Waals surface area contributed by atoms with Crippen LogP contribution in [0, 0.1) is 0 Å². The summed E-state index contributed by atoms with van der Waals surface area (Å²) in [4.78, 5) is 12.1. The van der Waals surface area contributed by atoms with Crippen molar-refractivity contribution in [3.8, 4) is 17.2 Å². The lowest BCUT2D eigenvalue weighted by atomic mass is 10.2. The van der Waals surface area contributed by atoms with Gasteiger partial charge in [-0.3, -0.25) is 0 Å². The van der Waals surface area contributed by atoms with Crippen LogP contribution >= 0.6 is 15.9 Å². The van der Waals surface area contributed by atoms with Gasteiger partial charge in [-0.05, 0) is 40.2 Å². The van der Waals surface area contributed by atoms with Crippen molar-refractivity contribution < 1.29 is 23.7 Å². The first-order valence-corrected chi connectivity index (χ1v) is 7.71. The van der Waals surface area contributed by atoms with Crippen molar-refractivity contribution in [2.75, 3.05) is 27.4 Å². The fourth-order valence-corrected chi connectivity index (χ4v) is 2.43. The van der Waals surface area contributed by atoms with Crippen LogP contribution in [0.2, 0.25) is 0 Å². The van der Waals surface area contributed by atoms with Gasteiger partial charge in [0.15, 0.2) is 0 Å². The van der Waals surface area contributed by atoms with Crippen LogP contribution < -0.4 is 14.2 Å². The van der Waals surface area contributed by atoms with Crippen molar-refractivity contribution >= 4 is 21.9 Å². The Kier molecular flexibility index (Phi) is 6.29. The van der Waals surface area contributed by atoms with Gasteiger partial charge in [-0.15, -0.1) is 0 Å². The van der Waals surface area contributed by atoms with Crippen LogP contribution in [0.3, 0.4) is 0 Å². The summed E-state index contributed by atoms with van der Waals surface area (Å²) in [7, 11) is 3.03. The Balaban J connectivity index is 1.93. The average Bonchev–Trinajstić information content (AvgIpc) is 2.59. The second-order valence-corrected chi connectivity index (χ2v) is 5.29. The number of benzene rings is 2. The molecule has 0 saturated carbocycles. The Morgan fingerprint density at radius 3 is 2.17 bits per heavy atom. The Morgan fingerprint density at radius 2 is 1.61 bits per heavy atom. The molecule has 0 atom stereocenters. The number of ether oxygens (including phenoxy) is 4. The molecular weight excluding hydrogens is 364 g/mol. The molecule has 2 aromatic carbocycles. The van der Waals surface area contributed by atoms with E-state index in [0.29, 0.717) is 21.5 Å². The van der Waals surface area contributed by atoms with Crippen molar-refractivity contribution in [2.24, 2.45) is 0 Å². The zero-order valence-electron chi connectivity index (χ0n) is 12.9. The number of para-hydroxylation sites is 1. The second kappa shape index (κ2) is 8.43. The molecule has 0 fully saturated rings. The van der Waals surface area contributed by atoms with Crippen molar-refractivity contribution in [1.29, 1.82) is 0 Å². The number of carbonyl (C=O) groups excluding carboxylic acids is 1. The minimum atomic E-state index is -0.467. The fraction of sp³-hybridized carbons (Fsp3) is 0.235. The monoisotopic (exact) mass is 380 g/mol. The van der Waals surface area contributed by atoms with E-state index in [2.05, 4.69) is 15.9 Å². The first kappa shape index (κ1) is 17.1. The normalized spacial score (nSPS) is 10.0. The van der Waals surface area contributed by atoms with E-state index in [1.165, 1.54) is 14.2 Å². The van der Waals surface area contributed by atoms with Crippen LogP contribution in [0.15, 0.2) is 46.9 Å². The summed E-state index contributed by atoms with van der Waals surface area (Å²) in [5.74, 6) is 1.26. The second-order valence-electron chi connectivity index (χ2n) is 4.49. The van der Waals surface area contributed by atoms with E-state index in [1.54, 1.807) is 12.1 Å². The predicted octanol–water partition coefficient (Wildman–Crippen LogP) is 3.70. The van der Waals surface area contributed by atoms with Gasteiger partial charge in [0.1, 0.15) is 34.9 Å². The Bertz CT molecular complexity index is 632. The molecule has 0 bridgehead atoms. The summed E-state index contributed by atoms with van der Waals surface area (Å²) < 4.78 is 21.7. The van der Waals surface area contributed by atoms with E-state index in [1.807, 2.05) is 30.3 Å². The standard InChI is InChI=1S/C17H17BrO5/c1-20-14-10-12(11-15(21-2)16(14)18)17(19)23-9-8-22-13-6-4-3-5-7-13/h3-7,10-11H,8-9H2,1-2H3. The van der Waals surface area contributed by atoms with Gasteiger partial charge in [-0.1, -0.05) is 18.2 Å². The highest BCUT2D eigenvalue weighted by Gasteiger charge is 2.15. The Morgan fingerprint density at radius 1 is 1.00 bits per heavy atom. The largest absolute Gasteiger partial charge is 0.495 e. The smallest absolute Gasteiger partial charge is 0.338 e. The highest BCUT2D eigenvalue weighted by Crippen LogP contribution is 2.35. The van der Waals surface area contributed by atoms with Crippen LogP contribution in [0.1, 0.15) is 10.4 Å². The summed E-state index contributed by atoms with van der Waals surface area (Å²) in [6.45, 7) is 0.426. The number of carbonyl (C=O) groups is 1. The molecule has 23 heavy (non-hydrogen) atoms. The van der Waals surface area contributed by atoms with Crippen molar-refractivity contribution in [3.63, 3.8) is 0 Å². The molecule has 0 spiro atoms. The summed E-state index contributed by atoms with van der Waals surface area (Å²) >= 11 is 3.35. The van der Waals surface area contributed by atoms with Crippen LogP contribution in [-0.2, 0) is 4.74 Å². The lowest BCUT2D eigenvalue weighted by molar-refractivity contribution is 0.0449. The molecule has 5 nitrogen and oxygen atoms in total. The first-order valence-electron chi connectivity index (χ1n) is 6.92. The molecular formula is C17H17BrO5. The summed E-state index contributed by atoms with van der Waals surface area (Å²) in [6.07, 6.45) is 0. The van der Waals surface area contributed by atoms with Crippen LogP contribution in [0.25, 0.3) is 0 Å². The number of halogens is 1. The van der Waals surface area contributed by atoms with E-state index < -0.39 is 5.97 Å². The third-order valence-corrected chi connectivity index (χ3v) is 3.79. The molecule has 0 unspecified atom stereocenters. The number of methoxy groups -OCH3 is 2. The molecule has 2 rings (SSSR count). The number of hydrogen-bond donors (Lipinski definition) is 0. The highest BCUT2D eigenvalue weighted by atomic mass is 79.9. The lowest BCUT2D eigenvalue weighted by Crippen LogP contribution is -2.12. The Labute approximate surface area is 143 Å². The van der Waals surface area contributed by atoms with Crippen LogP contribution in [0.4, 0.5) is 0 Å². The number of hydrogen-bond acceptors (Lipinski definition) is 5. The predicted molar refractivity (Wildman–Crippen MR) is 89.5 cm³/mol. The number of esters is 1. The third kappa shape index (κ3) is 4.63. The van der Waals surface area contributed by atoms with Gasteiger partial charge in [-0.25, -0.2) is 4.79 Å². The maximum atomic E-state index is 12.1. The maximum absolute atomic E-state index is 12.1. The van der Waals surface area contributed by atoms with E-state index >= 15 is 0 Å². The molecule has 0 radical (unpaired) electrons. The molecule has 0 aromatic heterocycles. The van der Waals surface area contributed by atoms with E-state index in [9.17, 15) is 4.79 Å². The Hall–Kier alpha value is -2.21. The number of rotatable bonds is 7. The molecule has 0 saturated heterocycles. The van der Waals surface area contributed by atoms with E-state index in [-0.39, 0.29) is 13.2 Å². The molecule has 122 valence electrons. The third-order valence-electron chi connectivity index (χ3n) is 3.01. The van der Waals surface area contributed by atoms with Crippen LogP contribution in [-0.4, -0.2) is 33.4 Å². The zero-order valence-corrected chi connectivity index (χ0v) is 14.5. The summed E-state index contributed by atoms with van der Waals surface area (Å²) in [5.41, 5.74) is 0.349. The van der Waals surface area contributed by atoms with Crippen molar-refractivity contribution in [1.82, 2.24) is 0 Å². The maximum Gasteiger partial charge on any atom is 0.338 e. The van der Waals surface area contributed by atoms with Gasteiger partial charge in [-0.2, -0.15) is 0 Å². The van der Waals surface area contributed by atoms with Gasteiger partial charge in [0.2, 0.25) is 0 Å². The molecule has 2 aromatic rings.